The van der Waals surface area contributed by atoms with E-state index < -0.39 is 12.6 Å². The zero-order valence-electron chi connectivity index (χ0n) is 11.1. The molecule has 1 aliphatic heterocycles. The molecule has 2 rings (SSSR count). The van der Waals surface area contributed by atoms with Crippen molar-refractivity contribution in [2.75, 3.05) is 6.61 Å². The maximum absolute atomic E-state index is 10.9. The Bertz CT molecular complexity index is 406. The average molecular weight is 266 g/mol. The van der Waals surface area contributed by atoms with Crippen LogP contribution in [0.2, 0.25) is 0 Å². The molecule has 0 aromatic heterocycles. The summed E-state index contributed by atoms with van der Waals surface area (Å²) in [6.45, 7) is 3.94. The van der Waals surface area contributed by atoms with E-state index in [1.54, 1.807) is 6.92 Å². The first-order chi connectivity index (χ1) is 9.15. The van der Waals surface area contributed by atoms with Gasteiger partial charge in [0, 0.05) is 6.92 Å². The molecular formula is C14H18O5. The van der Waals surface area contributed by atoms with Crippen LogP contribution in [0.4, 0.5) is 0 Å². The first kappa shape index (κ1) is 14.0. The molecule has 1 aliphatic rings. The van der Waals surface area contributed by atoms with Gasteiger partial charge in [-0.3, -0.25) is 4.79 Å². The Morgan fingerprint density at radius 3 is 2.68 bits per heavy atom. The van der Waals surface area contributed by atoms with Gasteiger partial charge in [-0.05, 0) is 12.5 Å². The van der Waals surface area contributed by atoms with Gasteiger partial charge in [-0.25, -0.2) is 0 Å². The Kier molecular flexibility index (Phi) is 4.90. The van der Waals surface area contributed by atoms with Crippen LogP contribution in [0, 0.1) is 0 Å². The topological polar surface area (TPSA) is 54.0 Å². The molecule has 104 valence electrons. The molecule has 1 aromatic rings. The van der Waals surface area contributed by atoms with E-state index in [-0.39, 0.29) is 12.1 Å². The first-order valence-corrected chi connectivity index (χ1v) is 6.25. The largest absolute Gasteiger partial charge is 0.433 e. The standard InChI is InChI=1S/C14H18O5/c1-10-14(18-11(2)15)19-13(17-10)9-16-8-12-6-4-3-5-7-12/h3-7,10,13-14H,8-9H2,1-2H3/t10-,13-,14?/m1/s1. The summed E-state index contributed by atoms with van der Waals surface area (Å²) in [7, 11) is 0. The fourth-order valence-electron chi connectivity index (χ4n) is 1.81. The highest BCUT2D eigenvalue weighted by molar-refractivity contribution is 5.66. The molecule has 1 heterocycles. The van der Waals surface area contributed by atoms with Crippen molar-refractivity contribution < 1.29 is 23.7 Å². The molecule has 1 fully saturated rings. The number of hydrogen-bond donors (Lipinski definition) is 0. The minimum Gasteiger partial charge on any atom is -0.433 e. The summed E-state index contributed by atoms with van der Waals surface area (Å²) < 4.78 is 21.4. The van der Waals surface area contributed by atoms with E-state index in [1.165, 1.54) is 6.92 Å². The predicted octanol–water partition coefficient (Wildman–Crippen LogP) is 1.85. The van der Waals surface area contributed by atoms with Gasteiger partial charge in [0.1, 0.15) is 6.10 Å². The highest BCUT2D eigenvalue weighted by atomic mass is 16.8. The van der Waals surface area contributed by atoms with Gasteiger partial charge in [-0.1, -0.05) is 30.3 Å². The summed E-state index contributed by atoms with van der Waals surface area (Å²) in [4.78, 5) is 10.9. The van der Waals surface area contributed by atoms with E-state index in [9.17, 15) is 4.79 Å². The maximum atomic E-state index is 10.9. The van der Waals surface area contributed by atoms with Crippen LogP contribution >= 0.6 is 0 Å². The van der Waals surface area contributed by atoms with E-state index in [0.29, 0.717) is 13.2 Å². The Balaban J connectivity index is 1.71. The molecular weight excluding hydrogens is 248 g/mol. The Hall–Kier alpha value is -1.43. The third-order valence-corrected chi connectivity index (χ3v) is 2.68. The van der Waals surface area contributed by atoms with E-state index in [0.717, 1.165) is 5.56 Å². The lowest BCUT2D eigenvalue weighted by molar-refractivity contribution is -0.181. The quantitative estimate of drug-likeness (QED) is 0.761. The fraction of sp³-hybridized carbons (Fsp3) is 0.500. The molecule has 0 N–H and O–H groups in total. The van der Waals surface area contributed by atoms with Crippen molar-refractivity contribution in [3.05, 3.63) is 35.9 Å². The zero-order chi connectivity index (χ0) is 13.7. The molecule has 1 aromatic carbocycles. The summed E-state index contributed by atoms with van der Waals surface area (Å²) in [5.41, 5.74) is 1.09. The van der Waals surface area contributed by atoms with Crippen molar-refractivity contribution in [3.8, 4) is 0 Å². The van der Waals surface area contributed by atoms with Crippen molar-refractivity contribution in [2.45, 2.75) is 39.1 Å². The third-order valence-electron chi connectivity index (χ3n) is 2.68. The molecule has 19 heavy (non-hydrogen) atoms. The van der Waals surface area contributed by atoms with Crippen molar-refractivity contribution >= 4 is 5.97 Å². The molecule has 5 nitrogen and oxygen atoms in total. The van der Waals surface area contributed by atoms with Gasteiger partial charge in [0.25, 0.3) is 0 Å². The number of esters is 1. The van der Waals surface area contributed by atoms with Gasteiger partial charge in [-0.15, -0.1) is 0 Å². The second-order valence-corrected chi connectivity index (χ2v) is 4.39. The average Bonchev–Trinajstić information content (AvgIpc) is 2.70. The molecule has 3 atom stereocenters. The normalized spacial score (nSPS) is 26.3. The lowest BCUT2D eigenvalue weighted by atomic mass is 10.2. The van der Waals surface area contributed by atoms with Crippen LogP contribution in [0.1, 0.15) is 19.4 Å². The second kappa shape index (κ2) is 6.65. The van der Waals surface area contributed by atoms with Gasteiger partial charge in [0.05, 0.1) is 13.2 Å². The fourth-order valence-corrected chi connectivity index (χ4v) is 1.81. The zero-order valence-corrected chi connectivity index (χ0v) is 11.1. The molecule has 1 unspecified atom stereocenters. The van der Waals surface area contributed by atoms with E-state index in [4.69, 9.17) is 18.9 Å². The molecule has 0 saturated carbocycles. The highest BCUT2D eigenvalue weighted by Gasteiger charge is 2.35. The summed E-state index contributed by atoms with van der Waals surface area (Å²) in [5, 5.41) is 0. The van der Waals surface area contributed by atoms with Crippen LogP contribution in [0.3, 0.4) is 0 Å². The molecule has 0 bridgehead atoms. The third kappa shape index (κ3) is 4.31. The number of ether oxygens (including phenoxy) is 4. The Morgan fingerprint density at radius 1 is 1.26 bits per heavy atom. The lowest BCUT2D eigenvalue weighted by Crippen LogP contribution is -2.25. The van der Waals surface area contributed by atoms with Crippen LogP contribution < -0.4 is 0 Å². The monoisotopic (exact) mass is 266 g/mol. The Morgan fingerprint density at radius 2 is 2.00 bits per heavy atom. The van der Waals surface area contributed by atoms with Crippen molar-refractivity contribution in [3.63, 3.8) is 0 Å². The Labute approximate surface area is 112 Å². The SMILES string of the molecule is CC(=O)OC1O[C@H](COCc2ccccc2)O[C@@H]1C. The van der Waals surface area contributed by atoms with Crippen molar-refractivity contribution in [1.82, 2.24) is 0 Å². The second-order valence-electron chi connectivity index (χ2n) is 4.39. The van der Waals surface area contributed by atoms with Gasteiger partial charge in [0.2, 0.25) is 6.29 Å². The minimum absolute atomic E-state index is 0.283. The summed E-state index contributed by atoms with van der Waals surface area (Å²) in [6, 6.07) is 9.85. The number of rotatable bonds is 5. The number of carbonyl (C=O) groups is 1. The first-order valence-electron chi connectivity index (χ1n) is 6.25. The smallest absolute Gasteiger partial charge is 0.305 e. The van der Waals surface area contributed by atoms with Gasteiger partial charge < -0.3 is 18.9 Å². The molecule has 0 amide bonds. The van der Waals surface area contributed by atoms with Gasteiger partial charge in [-0.2, -0.15) is 0 Å². The summed E-state index contributed by atoms with van der Waals surface area (Å²) in [5.74, 6) is -0.383. The summed E-state index contributed by atoms with van der Waals surface area (Å²) >= 11 is 0. The molecule has 5 heteroatoms. The van der Waals surface area contributed by atoms with Crippen LogP contribution in [0.5, 0.6) is 0 Å². The molecule has 0 spiro atoms. The number of carbonyl (C=O) groups excluding carboxylic acids is 1. The van der Waals surface area contributed by atoms with Crippen LogP contribution in [-0.2, 0) is 30.3 Å². The van der Waals surface area contributed by atoms with Crippen molar-refractivity contribution in [1.29, 1.82) is 0 Å². The number of benzene rings is 1. The molecule has 0 radical (unpaired) electrons. The van der Waals surface area contributed by atoms with Gasteiger partial charge >= 0.3 is 5.97 Å². The van der Waals surface area contributed by atoms with Crippen LogP contribution in [-0.4, -0.2) is 31.3 Å². The maximum Gasteiger partial charge on any atom is 0.305 e. The highest BCUT2D eigenvalue weighted by Crippen LogP contribution is 2.20. The lowest BCUT2D eigenvalue weighted by Gasteiger charge is -2.12. The molecule has 0 aliphatic carbocycles. The van der Waals surface area contributed by atoms with E-state index >= 15 is 0 Å². The minimum atomic E-state index is -0.650. The van der Waals surface area contributed by atoms with Gasteiger partial charge in [0.15, 0.2) is 6.29 Å². The van der Waals surface area contributed by atoms with E-state index in [2.05, 4.69) is 0 Å². The van der Waals surface area contributed by atoms with Crippen molar-refractivity contribution in [2.24, 2.45) is 0 Å². The summed E-state index contributed by atoms with van der Waals surface area (Å²) in [6.07, 6.45) is -1.43. The van der Waals surface area contributed by atoms with E-state index in [1.807, 2.05) is 30.3 Å². The molecule has 1 saturated heterocycles. The number of hydrogen-bond acceptors (Lipinski definition) is 5. The van der Waals surface area contributed by atoms with Crippen LogP contribution in [0.25, 0.3) is 0 Å². The predicted molar refractivity (Wildman–Crippen MR) is 67.1 cm³/mol. The van der Waals surface area contributed by atoms with Crippen LogP contribution in [0.15, 0.2) is 30.3 Å².